The summed E-state index contributed by atoms with van der Waals surface area (Å²) < 4.78 is 5.37. The van der Waals surface area contributed by atoms with E-state index in [0.717, 1.165) is 0 Å². The molecule has 362 valence electrons. The van der Waals surface area contributed by atoms with Crippen LogP contribution in [-0.2, 0) is 21.7 Å². The Morgan fingerprint density at radius 3 is 0.658 bits per heavy atom. The lowest BCUT2D eigenvalue weighted by molar-refractivity contribution is 0.660. The van der Waals surface area contributed by atoms with Crippen molar-refractivity contribution >= 4 is 65.2 Å². The van der Waals surface area contributed by atoms with Gasteiger partial charge < -0.3 is 9.13 Å². The van der Waals surface area contributed by atoms with Gasteiger partial charge in [0.2, 0.25) is 0 Å². The molecular formula is C74H56N2. The van der Waals surface area contributed by atoms with Gasteiger partial charge in [-0.2, -0.15) is 0 Å². The molecule has 0 bridgehead atoms. The van der Waals surface area contributed by atoms with E-state index in [1.165, 1.54) is 166 Å². The van der Waals surface area contributed by atoms with Gasteiger partial charge in [0.25, 0.3) is 0 Å². The van der Waals surface area contributed by atoms with Crippen molar-refractivity contribution in [3.05, 3.63) is 239 Å². The van der Waals surface area contributed by atoms with E-state index in [9.17, 15) is 0 Å². The molecule has 0 atom stereocenters. The van der Waals surface area contributed by atoms with Gasteiger partial charge in [-0.15, -0.1) is 0 Å². The largest absolute Gasteiger partial charge is 0.308 e. The lowest BCUT2D eigenvalue weighted by Crippen LogP contribution is -2.15. The zero-order valence-electron chi connectivity index (χ0n) is 44.4. The van der Waals surface area contributed by atoms with Crippen LogP contribution in [0.25, 0.3) is 121 Å². The van der Waals surface area contributed by atoms with Gasteiger partial charge in [-0.3, -0.25) is 0 Å². The first kappa shape index (κ1) is 42.8. The molecule has 4 aliphatic carbocycles. The SMILES string of the molecule is CC1(C)c2ccccc2-c2cc3c4cc5c(cc4n(-c4c6ccccc6c(-n6c7cc8c(cc7c7cc9c(cc76)C(C)(C)c6ccccc6-9)-c6ccccc6C8(C)C)c6ccccc46)c3cc21)C(C)(C)c1ccccc1-5. The van der Waals surface area contributed by atoms with Crippen molar-refractivity contribution in [2.45, 2.75) is 77.0 Å². The van der Waals surface area contributed by atoms with Crippen molar-refractivity contribution in [2.24, 2.45) is 0 Å². The molecule has 4 aliphatic rings. The summed E-state index contributed by atoms with van der Waals surface area (Å²) in [4.78, 5) is 0. The molecule has 11 aromatic carbocycles. The van der Waals surface area contributed by atoms with E-state index >= 15 is 0 Å². The summed E-state index contributed by atoms with van der Waals surface area (Å²) in [5, 5.41) is 10.1. The number of hydrogen-bond donors (Lipinski definition) is 0. The Balaban J connectivity index is 1.03. The van der Waals surface area contributed by atoms with E-state index in [0.29, 0.717) is 0 Å². The molecule has 2 nitrogen and oxygen atoms in total. The van der Waals surface area contributed by atoms with Gasteiger partial charge in [0.05, 0.1) is 33.4 Å². The van der Waals surface area contributed by atoms with E-state index in [-0.39, 0.29) is 21.7 Å². The van der Waals surface area contributed by atoms with Crippen LogP contribution in [0.4, 0.5) is 0 Å². The first-order valence-electron chi connectivity index (χ1n) is 27.4. The molecule has 0 saturated heterocycles. The van der Waals surface area contributed by atoms with Crippen LogP contribution < -0.4 is 0 Å². The molecule has 76 heavy (non-hydrogen) atoms. The fourth-order valence-corrected chi connectivity index (χ4v) is 15.9. The summed E-state index contributed by atoms with van der Waals surface area (Å²) >= 11 is 0. The minimum atomic E-state index is -0.166. The molecule has 0 radical (unpaired) electrons. The fraction of sp³-hybridized carbons (Fsp3) is 0.162. The van der Waals surface area contributed by atoms with Crippen LogP contribution in [-0.4, -0.2) is 9.13 Å². The Morgan fingerprint density at radius 1 is 0.211 bits per heavy atom. The van der Waals surface area contributed by atoms with Crippen molar-refractivity contribution in [3.8, 4) is 55.9 Å². The number of nitrogens with zero attached hydrogens (tertiary/aromatic N) is 2. The first-order valence-corrected chi connectivity index (χ1v) is 27.4. The van der Waals surface area contributed by atoms with Crippen LogP contribution in [0, 0.1) is 0 Å². The molecule has 2 heteroatoms. The number of aromatic nitrogens is 2. The van der Waals surface area contributed by atoms with Crippen LogP contribution in [0.3, 0.4) is 0 Å². The second-order valence-electron chi connectivity index (χ2n) is 24.8. The second kappa shape index (κ2) is 13.9. The summed E-state index contributed by atoms with van der Waals surface area (Å²) in [7, 11) is 0. The summed E-state index contributed by atoms with van der Waals surface area (Å²) in [6.45, 7) is 19.3. The monoisotopic (exact) mass is 972 g/mol. The third-order valence-corrected chi connectivity index (χ3v) is 19.7. The maximum atomic E-state index is 2.68. The molecule has 0 aliphatic heterocycles. The zero-order valence-corrected chi connectivity index (χ0v) is 44.4. The number of rotatable bonds is 2. The highest BCUT2D eigenvalue weighted by atomic mass is 15.0. The maximum Gasteiger partial charge on any atom is 0.0620 e. The summed E-state index contributed by atoms with van der Waals surface area (Å²) in [5.41, 5.74) is 28.7. The van der Waals surface area contributed by atoms with E-state index in [1.807, 2.05) is 0 Å². The first-order chi connectivity index (χ1) is 36.7. The van der Waals surface area contributed by atoms with E-state index in [4.69, 9.17) is 0 Å². The Bertz CT molecular complexity index is 4260. The standard InChI is InChI=1S/C74H56N2/c1-71(2)57-29-17-13-21-41(57)49-33-53-54-34-50-42-22-14-18-30-58(42)72(3,4)62(50)38-66(54)75(65(53)37-61(49)71)69-45-25-9-11-27-47(45)70(48-28-12-10-26-46(48)69)76-67-39-63-51(43-23-15-19-31-59(43)73(63,5)6)35-55(67)56-36-52-44-24-16-20-32-60(44)74(7,8)64(52)40-68(56)76/h9-40H,1-8H3. The third-order valence-electron chi connectivity index (χ3n) is 19.7. The molecule has 13 aromatic rings. The van der Waals surface area contributed by atoms with Crippen molar-refractivity contribution in [1.82, 2.24) is 9.13 Å². The van der Waals surface area contributed by atoms with Gasteiger partial charge in [-0.25, -0.2) is 0 Å². The van der Waals surface area contributed by atoms with Crippen LogP contribution in [0.1, 0.15) is 99.9 Å². The number of fused-ring (bicyclic) bond motifs is 20. The van der Waals surface area contributed by atoms with Gasteiger partial charge in [0.15, 0.2) is 0 Å². The van der Waals surface area contributed by atoms with Gasteiger partial charge in [-0.05, 0) is 138 Å². The van der Waals surface area contributed by atoms with E-state index in [1.54, 1.807) is 0 Å². The highest BCUT2D eigenvalue weighted by molar-refractivity contribution is 6.22. The lowest BCUT2D eigenvalue weighted by Gasteiger charge is -2.24. The van der Waals surface area contributed by atoms with Crippen LogP contribution >= 0.6 is 0 Å². The normalized spacial score (nSPS) is 16.3. The van der Waals surface area contributed by atoms with Crippen molar-refractivity contribution < 1.29 is 0 Å². The van der Waals surface area contributed by atoms with Crippen molar-refractivity contribution in [2.75, 3.05) is 0 Å². The summed E-state index contributed by atoms with van der Waals surface area (Å²) in [5.74, 6) is 0. The Labute approximate surface area is 443 Å². The predicted octanol–water partition coefficient (Wildman–Crippen LogP) is 19.4. The van der Waals surface area contributed by atoms with Crippen molar-refractivity contribution in [3.63, 3.8) is 0 Å². The van der Waals surface area contributed by atoms with Crippen LogP contribution in [0.2, 0.25) is 0 Å². The minimum absolute atomic E-state index is 0.166. The smallest absolute Gasteiger partial charge is 0.0620 e. The Kier molecular flexibility index (Phi) is 7.82. The molecule has 0 amide bonds. The number of hydrogen-bond acceptors (Lipinski definition) is 0. The molecule has 0 spiro atoms. The van der Waals surface area contributed by atoms with Crippen LogP contribution in [0.15, 0.2) is 194 Å². The molecule has 0 N–H and O–H groups in total. The molecule has 0 saturated carbocycles. The van der Waals surface area contributed by atoms with E-state index in [2.05, 4.69) is 259 Å². The average Bonchev–Trinajstić information content (AvgIpc) is 4.30. The zero-order chi connectivity index (χ0) is 51.1. The highest BCUT2D eigenvalue weighted by Gasteiger charge is 2.41. The molecule has 17 rings (SSSR count). The third kappa shape index (κ3) is 5.01. The molecule has 0 unspecified atom stereocenters. The van der Waals surface area contributed by atoms with Crippen LogP contribution in [0.5, 0.6) is 0 Å². The molecule has 2 heterocycles. The Morgan fingerprint density at radius 2 is 0.421 bits per heavy atom. The van der Waals surface area contributed by atoms with Gasteiger partial charge in [-0.1, -0.05) is 201 Å². The highest BCUT2D eigenvalue weighted by Crippen LogP contribution is 2.58. The lowest BCUT2D eigenvalue weighted by atomic mass is 9.82. The Hall–Kier alpha value is -8.46. The maximum absolute atomic E-state index is 2.68. The summed E-state index contributed by atoms with van der Waals surface area (Å²) in [6, 6.07) is 75.5. The fourth-order valence-electron chi connectivity index (χ4n) is 15.9. The molecular weight excluding hydrogens is 917 g/mol. The molecule has 2 aromatic heterocycles. The van der Waals surface area contributed by atoms with Crippen molar-refractivity contribution in [1.29, 1.82) is 0 Å². The quantitative estimate of drug-likeness (QED) is 0.153. The van der Waals surface area contributed by atoms with Gasteiger partial charge in [0.1, 0.15) is 0 Å². The summed E-state index contributed by atoms with van der Waals surface area (Å²) in [6.07, 6.45) is 0. The van der Waals surface area contributed by atoms with Gasteiger partial charge >= 0.3 is 0 Å². The van der Waals surface area contributed by atoms with Gasteiger partial charge in [0, 0.05) is 64.7 Å². The predicted molar refractivity (Wildman–Crippen MR) is 320 cm³/mol. The molecule has 0 fully saturated rings. The average molecular weight is 973 g/mol. The topological polar surface area (TPSA) is 9.86 Å². The van der Waals surface area contributed by atoms with E-state index < -0.39 is 0 Å². The second-order valence-corrected chi connectivity index (χ2v) is 24.8. The minimum Gasteiger partial charge on any atom is -0.308 e. The number of benzene rings is 11.